The fourth-order valence-electron chi connectivity index (χ4n) is 4.27. The summed E-state index contributed by atoms with van der Waals surface area (Å²) in [5.41, 5.74) is 2.10. The number of para-hydroxylation sites is 1. The normalized spacial score (nSPS) is 13.6. The predicted octanol–water partition coefficient (Wildman–Crippen LogP) is 5.20. The van der Waals surface area contributed by atoms with E-state index >= 15 is 0 Å². The monoisotopic (exact) mass is 505 g/mol. The van der Waals surface area contributed by atoms with E-state index in [0.717, 1.165) is 5.69 Å². The number of hydrogen-bond acceptors (Lipinski definition) is 5. The lowest BCUT2D eigenvalue weighted by atomic mass is 10.1. The number of nitro benzene ring substituents is 1. The van der Waals surface area contributed by atoms with E-state index in [0.29, 0.717) is 42.6 Å². The number of non-ortho nitro benzene ring substituents is 1. The number of amides is 1. The van der Waals surface area contributed by atoms with E-state index in [1.165, 1.54) is 35.0 Å². The van der Waals surface area contributed by atoms with Gasteiger partial charge in [-0.25, -0.2) is 9.07 Å². The first-order valence-electron chi connectivity index (χ1n) is 11.3. The van der Waals surface area contributed by atoms with Crippen LogP contribution in [0.25, 0.3) is 16.9 Å². The smallest absolute Gasteiger partial charge is 0.272 e. The van der Waals surface area contributed by atoms with Crippen LogP contribution in [0.5, 0.6) is 0 Å². The Bertz CT molecular complexity index is 1430. The van der Waals surface area contributed by atoms with Crippen molar-refractivity contribution in [1.82, 2.24) is 14.7 Å². The maximum atomic E-state index is 14.5. The molecule has 182 valence electrons. The SMILES string of the molecule is O=C(c1cc(-c2ccccc2F)nn1-c1ccc([N+](=O)[O-])cc1)N1CCN(c2ccccc2Cl)CC1. The van der Waals surface area contributed by atoms with Gasteiger partial charge in [0, 0.05) is 43.9 Å². The fourth-order valence-corrected chi connectivity index (χ4v) is 4.52. The molecule has 36 heavy (non-hydrogen) atoms. The van der Waals surface area contributed by atoms with Crippen molar-refractivity contribution in [2.24, 2.45) is 0 Å². The van der Waals surface area contributed by atoms with Gasteiger partial charge in [-0.3, -0.25) is 14.9 Å². The summed E-state index contributed by atoms with van der Waals surface area (Å²) in [5, 5.41) is 16.2. The molecule has 0 bridgehead atoms. The van der Waals surface area contributed by atoms with Gasteiger partial charge in [0.25, 0.3) is 11.6 Å². The molecule has 0 aliphatic carbocycles. The summed E-state index contributed by atoms with van der Waals surface area (Å²) in [6.07, 6.45) is 0. The zero-order chi connectivity index (χ0) is 25.2. The number of carbonyl (C=O) groups excluding carboxylic acids is 1. The molecule has 0 spiro atoms. The minimum atomic E-state index is -0.498. The van der Waals surface area contributed by atoms with Crippen LogP contribution in [0.2, 0.25) is 5.02 Å². The summed E-state index contributed by atoms with van der Waals surface area (Å²) in [6.45, 7) is 2.12. The van der Waals surface area contributed by atoms with Crippen molar-refractivity contribution < 1.29 is 14.1 Å². The van der Waals surface area contributed by atoms with E-state index in [2.05, 4.69) is 10.00 Å². The van der Waals surface area contributed by atoms with E-state index in [4.69, 9.17) is 11.6 Å². The van der Waals surface area contributed by atoms with Gasteiger partial charge in [0.2, 0.25) is 0 Å². The van der Waals surface area contributed by atoms with Gasteiger partial charge in [0.1, 0.15) is 11.5 Å². The molecule has 1 fully saturated rings. The van der Waals surface area contributed by atoms with Crippen molar-refractivity contribution >= 4 is 28.9 Å². The lowest BCUT2D eigenvalue weighted by Crippen LogP contribution is -2.49. The molecule has 3 aromatic carbocycles. The summed E-state index contributed by atoms with van der Waals surface area (Å²) in [6, 6.07) is 21.1. The number of aromatic nitrogens is 2. The molecule has 0 atom stereocenters. The maximum Gasteiger partial charge on any atom is 0.272 e. The molecular weight excluding hydrogens is 485 g/mol. The van der Waals surface area contributed by atoms with Gasteiger partial charge in [-0.15, -0.1) is 0 Å². The zero-order valence-corrected chi connectivity index (χ0v) is 19.8. The van der Waals surface area contributed by atoms with Crippen LogP contribution in [0.3, 0.4) is 0 Å². The van der Waals surface area contributed by atoms with Gasteiger partial charge in [-0.05, 0) is 42.5 Å². The third kappa shape index (κ3) is 4.52. The molecule has 0 N–H and O–H groups in total. The van der Waals surface area contributed by atoms with Crippen LogP contribution in [0.4, 0.5) is 15.8 Å². The number of nitro groups is 1. The van der Waals surface area contributed by atoms with Crippen molar-refractivity contribution in [3.63, 3.8) is 0 Å². The van der Waals surface area contributed by atoms with Crippen LogP contribution >= 0.6 is 11.6 Å². The second-order valence-electron chi connectivity index (χ2n) is 8.31. The molecule has 10 heteroatoms. The highest BCUT2D eigenvalue weighted by atomic mass is 35.5. The average Bonchev–Trinajstić information content (AvgIpc) is 3.34. The Balaban J connectivity index is 1.46. The third-order valence-electron chi connectivity index (χ3n) is 6.14. The molecule has 0 saturated carbocycles. The number of halogens is 2. The van der Waals surface area contributed by atoms with E-state index in [9.17, 15) is 19.3 Å². The highest BCUT2D eigenvalue weighted by molar-refractivity contribution is 6.33. The Kier molecular flexibility index (Phi) is 6.39. The lowest BCUT2D eigenvalue weighted by molar-refractivity contribution is -0.384. The van der Waals surface area contributed by atoms with E-state index in [-0.39, 0.29) is 22.9 Å². The Morgan fingerprint density at radius 3 is 2.28 bits per heavy atom. The number of anilines is 1. The summed E-state index contributed by atoms with van der Waals surface area (Å²) in [5.74, 6) is -0.722. The third-order valence-corrected chi connectivity index (χ3v) is 6.46. The Hall–Kier alpha value is -4.24. The number of nitrogens with zero attached hydrogens (tertiary/aromatic N) is 5. The molecule has 0 radical (unpaired) electrons. The molecular formula is C26H21ClFN5O3. The number of benzene rings is 3. The molecule has 0 unspecified atom stereocenters. The van der Waals surface area contributed by atoms with E-state index in [1.54, 1.807) is 29.2 Å². The number of piperazine rings is 1. The molecule has 1 aromatic heterocycles. The van der Waals surface area contributed by atoms with Crippen LogP contribution in [0, 0.1) is 15.9 Å². The molecule has 1 aliphatic heterocycles. The van der Waals surface area contributed by atoms with Gasteiger partial charge < -0.3 is 9.80 Å². The average molecular weight is 506 g/mol. The minimum Gasteiger partial charge on any atom is -0.367 e. The predicted molar refractivity (Wildman–Crippen MR) is 135 cm³/mol. The topological polar surface area (TPSA) is 84.5 Å². The molecule has 1 saturated heterocycles. The molecule has 8 nitrogen and oxygen atoms in total. The summed E-state index contributed by atoms with van der Waals surface area (Å²) >= 11 is 6.34. The molecule has 5 rings (SSSR count). The molecule has 1 amide bonds. The Labute approximate surface area is 211 Å². The fraction of sp³-hybridized carbons (Fsp3) is 0.154. The highest BCUT2D eigenvalue weighted by Crippen LogP contribution is 2.28. The van der Waals surface area contributed by atoms with Gasteiger partial charge in [0.15, 0.2) is 0 Å². The highest BCUT2D eigenvalue weighted by Gasteiger charge is 2.27. The van der Waals surface area contributed by atoms with Crippen LogP contribution in [-0.2, 0) is 0 Å². The summed E-state index contributed by atoms with van der Waals surface area (Å²) in [4.78, 5) is 28.1. The van der Waals surface area contributed by atoms with Crippen molar-refractivity contribution in [3.8, 4) is 16.9 Å². The first kappa shape index (κ1) is 23.5. The van der Waals surface area contributed by atoms with Crippen molar-refractivity contribution in [1.29, 1.82) is 0 Å². The van der Waals surface area contributed by atoms with Gasteiger partial charge in [-0.2, -0.15) is 5.10 Å². The van der Waals surface area contributed by atoms with Crippen LogP contribution < -0.4 is 4.90 Å². The van der Waals surface area contributed by atoms with E-state index < -0.39 is 10.7 Å². The Morgan fingerprint density at radius 1 is 0.944 bits per heavy atom. The van der Waals surface area contributed by atoms with Crippen molar-refractivity contribution in [2.75, 3.05) is 31.1 Å². The minimum absolute atomic E-state index is 0.0798. The lowest BCUT2D eigenvalue weighted by Gasteiger charge is -2.36. The van der Waals surface area contributed by atoms with Crippen molar-refractivity contribution in [3.05, 3.63) is 106 Å². The second-order valence-corrected chi connectivity index (χ2v) is 8.72. The number of carbonyl (C=O) groups is 1. The largest absolute Gasteiger partial charge is 0.367 e. The summed E-state index contributed by atoms with van der Waals surface area (Å²) in [7, 11) is 0. The first-order valence-corrected chi connectivity index (χ1v) is 11.7. The Morgan fingerprint density at radius 2 is 1.61 bits per heavy atom. The standard InChI is InChI=1S/C26H21ClFN5O3/c27-21-6-2-4-8-24(21)30-13-15-31(16-14-30)26(34)25-17-23(20-5-1-3-7-22(20)28)29-32(25)18-9-11-19(12-10-18)33(35)36/h1-12,17H,13-16H2. The van der Waals surface area contributed by atoms with Crippen LogP contribution in [0.1, 0.15) is 10.5 Å². The van der Waals surface area contributed by atoms with Gasteiger partial charge in [-0.1, -0.05) is 35.9 Å². The van der Waals surface area contributed by atoms with Gasteiger partial charge >= 0.3 is 0 Å². The molecule has 4 aromatic rings. The molecule has 2 heterocycles. The summed E-state index contributed by atoms with van der Waals surface area (Å²) < 4.78 is 15.9. The van der Waals surface area contributed by atoms with Gasteiger partial charge in [0.05, 0.1) is 27.0 Å². The first-order chi connectivity index (χ1) is 17.4. The number of hydrogen-bond donors (Lipinski definition) is 0. The quantitative estimate of drug-likeness (QED) is 0.275. The second kappa shape index (κ2) is 9.79. The maximum absolute atomic E-state index is 14.5. The van der Waals surface area contributed by atoms with E-state index in [1.807, 2.05) is 24.3 Å². The van der Waals surface area contributed by atoms with Crippen molar-refractivity contribution in [2.45, 2.75) is 0 Å². The molecule has 1 aliphatic rings. The van der Waals surface area contributed by atoms with Crippen LogP contribution in [-0.4, -0.2) is 51.7 Å². The number of rotatable bonds is 5. The zero-order valence-electron chi connectivity index (χ0n) is 19.1. The van der Waals surface area contributed by atoms with Crippen LogP contribution in [0.15, 0.2) is 78.9 Å².